The van der Waals surface area contributed by atoms with E-state index in [1.165, 1.54) is 7.11 Å². The van der Waals surface area contributed by atoms with E-state index < -0.39 is 6.09 Å². The highest BCUT2D eigenvalue weighted by molar-refractivity contribution is 5.87. The standard InChI is InChI=1S/C10H17NO3/c1-3-8(12)9(7-5-4-6-7)11-10(13)14-2/h7,9H,3-6H2,1-2H3,(H,11,13). The number of ether oxygens (including phenoxy) is 1. The zero-order valence-electron chi connectivity index (χ0n) is 8.71. The molecule has 1 atom stereocenters. The molecule has 1 unspecified atom stereocenters. The lowest BCUT2D eigenvalue weighted by Gasteiger charge is -2.32. The van der Waals surface area contributed by atoms with Gasteiger partial charge < -0.3 is 10.1 Å². The lowest BCUT2D eigenvalue weighted by Crippen LogP contribution is -2.47. The van der Waals surface area contributed by atoms with Crippen LogP contribution in [0.2, 0.25) is 0 Å². The van der Waals surface area contributed by atoms with Crippen molar-refractivity contribution in [2.45, 2.75) is 38.6 Å². The summed E-state index contributed by atoms with van der Waals surface area (Å²) in [6.45, 7) is 1.81. The van der Waals surface area contributed by atoms with Crippen LogP contribution in [-0.4, -0.2) is 25.0 Å². The lowest BCUT2D eigenvalue weighted by molar-refractivity contribution is -0.122. The molecule has 1 amide bonds. The minimum absolute atomic E-state index is 0.0973. The maximum Gasteiger partial charge on any atom is 0.407 e. The van der Waals surface area contributed by atoms with E-state index in [0.717, 1.165) is 19.3 Å². The Morgan fingerprint density at radius 1 is 1.50 bits per heavy atom. The molecule has 0 heterocycles. The van der Waals surface area contributed by atoms with E-state index in [-0.39, 0.29) is 11.8 Å². The molecule has 0 bridgehead atoms. The van der Waals surface area contributed by atoms with Crippen LogP contribution >= 0.6 is 0 Å². The van der Waals surface area contributed by atoms with Crippen molar-refractivity contribution in [3.05, 3.63) is 0 Å². The SMILES string of the molecule is CCC(=O)C(NC(=O)OC)C1CCC1. The highest BCUT2D eigenvalue weighted by Gasteiger charge is 2.32. The normalized spacial score (nSPS) is 18.1. The minimum atomic E-state index is -0.510. The molecule has 0 aromatic carbocycles. The van der Waals surface area contributed by atoms with Gasteiger partial charge in [0.1, 0.15) is 0 Å². The molecule has 1 aliphatic rings. The summed E-state index contributed by atoms with van der Waals surface area (Å²) in [7, 11) is 1.31. The molecule has 1 N–H and O–H groups in total. The quantitative estimate of drug-likeness (QED) is 0.746. The molecule has 80 valence electrons. The Kier molecular flexibility index (Phi) is 3.92. The average molecular weight is 199 g/mol. The molecular formula is C10H17NO3. The van der Waals surface area contributed by atoms with Crippen LogP contribution in [-0.2, 0) is 9.53 Å². The largest absolute Gasteiger partial charge is 0.453 e. The summed E-state index contributed by atoms with van der Waals surface area (Å²) in [4.78, 5) is 22.5. The number of amides is 1. The van der Waals surface area contributed by atoms with Crippen molar-refractivity contribution in [2.75, 3.05) is 7.11 Å². The molecule has 1 aliphatic carbocycles. The first-order chi connectivity index (χ1) is 6.69. The first kappa shape index (κ1) is 11.0. The van der Waals surface area contributed by atoms with Crippen molar-refractivity contribution < 1.29 is 14.3 Å². The van der Waals surface area contributed by atoms with Gasteiger partial charge in [-0.1, -0.05) is 13.3 Å². The third kappa shape index (κ3) is 2.47. The Labute approximate surface area is 84.0 Å². The highest BCUT2D eigenvalue weighted by atomic mass is 16.5. The smallest absolute Gasteiger partial charge is 0.407 e. The maximum absolute atomic E-state index is 11.5. The molecule has 0 spiro atoms. The molecule has 0 radical (unpaired) electrons. The van der Waals surface area contributed by atoms with Crippen LogP contribution in [0.25, 0.3) is 0 Å². The Morgan fingerprint density at radius 3 is 2.50 bits per heavy atom. The third-order valence-corrected chi connectivity index (χ3v) is 2.78. The first-order valence-electron chi connectivity index (χ1n) is 5.06. The van der Waals surface area contributed by atoms with E-state index in [1.807, 2.05) is 6.92 Å². The van der Waals surface area contributed by atoms with E-state index in [4.69, 9.17) is 0 Å². The van der Waals surface area contributed by atoms with Crippen molar-refractivity contribution in [1.82, 2.24) is 5.32 Å². The number of nitrogens with one attached hydrogen (secondary N) is 1. The minimum Gasteiger partial charge on any atom is -0.453 e. The number of carbonyl (C=O) groups excluding carboxylic acids is 2. The predicted molar refractivity (Wildman–Crippen MR) is 52.0 cm³/mol. The summed E-state index contributed by atoms with van der Waals surface area (Å²) in [5.41, 5.74) is 0. The van der Waals surface area contributed by atoms with E-state index in [2.05, 4.69) is 10.1 Å². The second-order valence-corrected chi connectivity index (χ2v) is 3.62. The maximum atomic E-state index is 11.5. The number of carbonyl (C=O) groups is 2. The highest BCUT2D eigenvalue weighted by Crippen LogP contribution is 2.30. The molecule has 0 aliphatic heterocycles. The lowest BCUT2D eigenvalue weighted by atomic mass is 9.78. The van der Waals surface area contributed by atoms with Crippen LogP contribution in [0.1, 0.15) is 32.6 Å². The average Bonchev–Trinajstić information content (AvgIpc) is 2.12. The molecule has 14 heavy (non-hydrogen) atoms. The molecule has 0 aromatic rings. The molecule has 4 heteroatoms. The summed E-state index contributed by atoms with van der Waals surface area (Å²) >= 11 is 0. The number of rotatable bonds is 4. The van der Waals surface area contributed by atoms with Crippen molar-refractivity contribution in [2.24, 2.45) is 5.92 Å². The topological polar surface area (TPSA) is 55.4 Å². The van der Waals surface area contributed by atoms with Crippen LogP contribution in [0, 0.1) is 5.92 Å². The van der Waals surface area contributed by atoms with Gasteiger partial charge in [-0.15, -0.1) is 0 Å². The van der Waals surface area contributed by atoms with E-state index >= 15 is 0 Å². The van der Waals surface area contributed by atoms with Gasteiger partial charge in [0.25, 0.3) is 0 Å². The predicted octanol–water partition coefficient (Wildman–Crippen LogP) is 1.49. The summed E-state index contributed by atoms with van der Waals surface area (Å²) in [6, 6.07) is -0.332. The van der Waals surface area contributed by atoms with Crippen LogP contribution in [0.4, 0.5) is 4.79 Å². The fourth-order valence-corrected chi connectivity index (χ4v) is 1.64. The molecule has 1 rings (SSSR count). The second kappa shape index (κ2) is 4.98. The summed E-state index contributed by atoms with van der Waals surface area (Å²) in [5.74, 6) is 0.418. The van der Waals surface area contributed by atoms with Crippen molar-refractivity contribution in [3.63, 3.8) is 0 Å². The van der Waals surface area contributed by atoms with E-state index in [1.54, 1.807) is 0 Å². The number of ketones is 1. The summed E-state index contributed by atoms with van der Waals surface area (Å²) in [6.07, 6.45) is 3.16. The van der Waals surface area contributed by atoms with Gasteiger partial charge in [0, 0.05) is 6.42 Å². The third-order valence-electron chi connectivity index (χ3n) is 2.78. The van der Waals surface area contributed by atoms with Crippen LogP contribution in [0.15, 0.2) is 0 Å². The Bertz CT molecular complexity index is 223. The van der Waals surface area contributed by atoms with Gasteiger partial charge in [-0.3, -0.25) is 4.79 Å². The molecule has 1 fully saturated rings. The van der Waals surface area contributed by atoms with Crippen LogP contribution in [0.5, 0.6) is 0 Å². The van der Waals surface area contributed by atoms with Crippen LogP contribution < -0.4 is 5.32 Å². The zero-order chi connectivity index (χ0) is 10.6. The molecule has 0 aromatic heterocycles. The van der Waals surface area contributed by atoms with Gasteiger partial charge >= 0.3 is 6.09 Å². The Morgan fingerprint density at radius 2 is 2.14 bits per heavy atom. The number of Topliss-reactive ketones (excluding diaryl/α,β-unsaturated/α-hetero) is 1. The number of methoxy groups -OCH3 is 1. The Hall–Kier alpha value is -1.06. The first-order valence-corrected chi connectivity index (χ1v) is 5.06. The number of hydrogen-bond acceptors (Lipinski definition) is 3. The van der Waals surface area contributed by atoms with Crippen molar-refractivity contribution >= 4 is 11.9 Å². The van der Waals surface area contributed by atoms with Gasteiger partial charge in [-0.2, -0.15) is 0 Å². The number of hydrogen-bond donors (Lipinski definition) is 1. The summed E-state index contributed by atoms with van der Waals surface area (Å²) < 4.78 is 4.49. The Balaban J connectivity index is 2.51. The van der Waals surface area contributed by atoms with E-state index in [0.29, 0.717) is 12.3 Å². The van der Waals surface area contributed by atoms with Crippen molar-refractivity contribution in [3.8, 4) is 0 Å². The van der Waals surface area contributed by atoms with Gasteiger partial charge in [-0.05, 0) is 18.8 Å². The second-order valence-electron chi connectivity index (χ2n) is 3.62. The molecule has 4 nitrogen and oxygen atoms in total. The van der Waals surface area contributed by atoms with Crippen LogP contribution in [0.3, 0.4) is 0 Å². The monoisotopic (exact) mass is 199 g/mol. The van der Waals surface area contributed by atoms with Gasteiger partial charge in [0.2, 0.25) is 0 Å². The fraction of sp³-hybridized carbons (Fsp3) is 0.800. The van der Waals surface area contributed by atoms with Crippen molar-refractivity contribution in [1.29, 1.82) is 0 Å². The van der Waals surface area contributed by atoms with Gasteiger partial charge in [0.05, 0.1) is 13.2 Å². The molecular weight excluding hydrogens is 182 g/mol. The van der Waals surface area contributed by atoms with Gasteiger partial charge in [-0.25, -0.2) is 4.79 Å². The number of alkyl carbamates (subject to hydrolysis) is 1. The molecule has 0 saturated heterocycles. The summed E-state index contributed by atoms with van der Waals surface area (Å²) in [5, 5.41) is 2.61. The molecule has 1 saturated carbocycles. The van der Waals surface area contributed by atoms with E-state index in [9.17, 15) is 9.59 Å². The van der Waals surface area contributed by atoms with Gasteiger partial charge in [0.15, 0.2) is 5.78 Å². The fourth-order valence-electron chi connectivity index (χ4n) is 1.64. The zero-order valence-corrected chi connectivity index (χ0v) is 8.71.